The van der Waals surface area contributed by atoms with Crippen molar-refractivity contribution in [1.82, 2.24) is 29.6 Å². The van der Waals surface area contributed by atoms with Gasteiger partial charge in [-0.2, -0.15) is 4.52 Å². The van der Waals surface area contributed by atoms with E-state index in [-0.39, 0.29) is 5.92 Å². The molecule has 8 heteroatoms. The van der Waals surface area contributed by atoms with Gasteiger partial charge in [-0.25, -0.2) is 0 Å². The molecule has 2 fully saturated rings. The molecular formula is C25H33N7O. The third-order valence-corrected chi connectivity index (χ3v) is 7.00. The molecule has 1 amide bonds. The first-order valence-corrected chi connectivity index (χ1v) is 12.2. The Balaban J connectivity index is 1.08. The van der Waals surface area contributed by atoms with Crippen molar-refractivity contribution in [3.63, 3.8) is 0 Å². The predicted octanol–water partition coefficient (Wildman–Crippen LogP) is 2.51. The highest BCUT2D eigenvalue weighted by molar-refractivity contribution is 5.79. The van der Waals surface area contributed by atoms with Crippen LogP contribution in [0.2, 0.25) is 0 Å². The molecule has 2 aromatic heterocycles. The molecule has 4 heterocycles. The first-order valence-electron chi connectivity index (χ1n) is 12.2. The summed E-state index contributed by atoms with van der Waals surface area (Å²) in [4.78, 5) is 20.2. The van der Waals surface area contributed by atoms with Gasteiger partial charge in [0.25, 0.3) is 0 Å². The van der Waals surface area contributed by atoms with E-state index in [0.717, 1.165) is 83.0 Å². The van der Waals surface area contributed by atoms with Gasteiger partial charge in [0.2, 0.25) is 5.91 Å². The molecule has 0 N–H and O–H groups in total. The summed E-state index contributed by atoms with van der Waals surface area (Å²) in [5, 5.41) is 12.5. The SMILES string of the molecule is O=C(C1CCN(c2ccc3nncn3n2)CC1)N1CCCN(CCCc2ccccc2)CC1. The monoisotopic (exact) mass is 447 g/mol. The van der Waals surface area contributed by atoms with Crippen LogP contribution in [0, 0.1) is 5.92 Å². The molecule has 0 bridgehead atoms. The van der Waals surface area contributed by atoms with E-state index in [2.05, 4.69) is 60.3 Å². The molecule has 1 aromatic carbocycles. The number of carbonyl (C=O) groups excluding carboxylic acids is 1. The molecule has 5 rings (SSSR count). The Morgan fingerprint density at radius 3 is 2.64 bits per heavy atom. The lowest BCUT2D eigenvalue weighted by atomic mass is 9.95. The third-order valence-electron chi connectivity index (χ3n) is 7.00. The maximum atomic E-state index is 13.2. The number of anilines is 1. The van der Waals surface area contributed by atoms with E-state index in [1.54, 1.807) is 10.8 Å². The molecule has 174 valence electrons. The second kappa shape index (κ2) is 10.3. The van der Waals surface area contributed by atoms with Crippen LogP contribution in [-0.2, 0) is 11.2 Å². The molecule has 2 saturated heterocycles. The average Bonchev–Trinajstić information content (AvgIpc) is 3.21. The number of carbonyl (C=O) groups is 1. The van der Waals surface area contributed by atoms with Crippen LogP contribution in [0.1, 0.15) is 31.2 Å². The molecule has 33 heavy (non-hydrogen) atoms. The van der Waals surface area contributed by atoms with Gasteiger partial charge in [-0.05, 0) is 62.9 Å². The number of nitrogens with zero attached hydrogens (tertiary/aromatic N) is 7. The fourth-order valence-corrected chi connectivity index (χ4v) is 5.07. The van der Waals surface area contributed by atoms with Gasteiger partial charge in [0.1, 0.15) is 12.1 Å². The van der Waals surface area contributed by atoms with Crippen LogP contribution >= 0.6 is 0 Å². The van der Waals surface area contributed by atoms with E-state index in [1.165, 1.54) is 12.0 Å². The Labute approximate surface area is 195 Å². The summed E-state index contributed by atoms with van der Waals surface area (Å²) in [5.74, 6) is 1.40. The number of aryl methyl sites for hydroxylation is 1. The number of benzene rings is 1. The normalized spacial score (nSPS) is 18.5. The first kappa shape index (κ1) is 21.8. The van der Waals surface area contributed by atoms with E-state index < -0.39 is 0 Å². The summed E-state index contributed by atoms with van der Waals surface area (Å²) in [5.41, 5.74) is 2.16. The number of hydrogen-bond acceptors (Lipinski definition) is 6. The van der Waals surface area contributed by atoms with Crippen LogP contribution in [0.15, 0.2) is 48.8 Å². The van der Waals surface area contributed by atoms with Crippen molar-refractivity contribution in [2.24, 2.45) is 5.92 Å². The van der Waals surface area contributed by atoms with Crippen molar-refractivity contribution in [2.75, 3.05) is 50.7 Å². The number of hydrogen-bond donors (Lipinski definition) is 0. The number of piperidine rings is 1. The Hall–Kier alpha value is -3.00. The Morgan fingerprint density at radius 1 is 0.939 bits per heavy atom. The maximum absolute atomic E-state index is 13.2. The number of aromatic nitrogens is 4. The van der Waals surface area contributed by atoms with Crippen molar-refractivity contribution in [1.29, 1.82) is 0 Å². The van der Waals surface area contributed by atoms with Gasteiger partial charge in [0, 0.05) is 38.6 Å². The van der Waals surface area contributed by atoms with Gasteiger partial charge < -0.3 is 14.7 Å². The molecule has 2 aliphatic heterocycles. The highest BCUT2D eigenvalue weighted by Gasteiger charge is 2.30. The number of fused-ring (bicyclic) bond motifs is 1. The summed E-state index contributed by atoms with van der Waals surface area (Å²) in [6, 6.07) is 14.6. The molecule has 0 aliphatic carbocycles. The van der Waals surface area contributed by atoms with E-state index in [0.29, 0.717) is 5.91 Å². The minimum absolute atomic E-state index is 0.129. The van der Waals surface area contributed by atoms with Crippen molar-refractivity contribution in [3.05, 3.63) is 54.4 Å². The molecule has 8 nitrogen and oxygen atoms in total. The standard InChI is InChI=1S/C25H33N7O/c33-25(22-11-16-30(17-12-22)24-10-9-23-27-26-20-32(23)28-24)31-15-5-14-29(18-19-31)13-4-8-21-6-2-1-3-7-21/h1-3,6-7,9-10,20,22H,4-5,8,11-19H2. The Kier molecular flexibility index (Phi) is 6.81. The Morgan fingerprint density at radius 2 is 1.79 bits per heavy atom. The van der Waals surface area contributed by atoms with Crippen LogP contribution in [0.5, 0.6) is 0 Å². The molecular weight excluding hydrogens is 414 g/mol. The molecule has 0 radical (unpaired) electrons. The number of amides is 1. The van der Waals surface area contributed by atoms with Crippen LogP contribution in [0.25, 0.3) is 5.65 Å². The lowest BCUT2D eigenvalue weighted by molar-refractivity contribution is -0.136. The summed E-state index contributed by atoms with van der Waals surface area (Å²) >= 11 is 0. The third kappa shape index (κ3) is 5.33. The quantitative estimate of drug-likeness (QED) is 0.578. The maximum Gasteiger partial charge on any atom is 0.225 e. The van der Waals surface area contributed by atoms with Gasteiger partial charge in [-0.3, -0.25) is 4.79 Å². The van der Waals surface area contributed by atoms with Crippen molar-refractivity contribution >= 4 is 17.4 Å². The van der Waals surface area contributed by atoms with Crippen molar-refractivity contribution in [2.45, 2.75) is 32.1 Å². The highest BCUT2D eigenvalue weighted by Crippen LogP contribution is 2.24. The summed E-state index contributed by atoms with van der Waals surface area (Å²) in [6.45, 7) is 6.65. The van der Waals surface area contributed by atoms with E-state index in [4.69, 9.17) is 0 Å². The van der Waals surface area contributed by atoms with Crippen LogP contribution < -0.4 is 4.90 Å². The smallest absolute Gasteiger partial charge is 0.225 e. The first-order chi connectivity index (χ1) is 16.3. The summed E-state index contributed by atoms with van der Waals surface area (Å²) < 4.78 is 1.70. The zero-order valence-electron chi connectivity index (χ0n) is 19.2. The summed E-state index contributed by atoms with van der Waals surface area (Å²) in [6.07, 6.45) is 6.76. The van der Waals surface area contributed by atoms with Crippen LogP contribution in [0.3, 0.4) is 0 Å². The molecule has 0 unspecified atom stereocenters. The Bertz CT molecular complexity index is 1050. The fraction of sp³-hybridized carbons (Fsp3) is 0.520. The lowest BCUT2D eigenvalue weighted by Gasteiger charge is -2.34. The van der Waals surface area contributed by atoms with Gasteiger partial charge in [0.15, 0.2) is 5.65 Å². The second-order valence-corrected chi connectivity index (χ2v) is 9.20. The molecule has 3 aromatic rings. The van der Waals surface area contributed by atoms with Crippen molar-refractivity contribution in [3.8, 4) is 0 Å². The molecule has 2 aliphatic rings. The minimum Gasteiger partial charge on any atom is -0.355 e. The minimum atomic E-state index is 0.129. The molecule has 0 spiro atoms. The highest BCUT2D eigenvalue weighted by atomic mass is 16.2. The zero-order valence-corrected chi connectivity index (χ0v) is 19.2. The van der Waals surface area contributed by atoms with E-state index in [9.17, 15) is 4.79 Å². The number of rotatable bonds is 6. The van der Waals surface area contributed by atoms with E-state index >= 15 is 0 Å². The topological polar surface area (TPSA) is 69.9 Å². The van der Waals surface area contributed by atoms with Gasteiger partial charge in [0.05, 0.1) is 0 Å². The molecule has 0 atom stereocenters. The predicted molar refractivity (Wildman–Crippen MR) is 128 cm³/mol. The van der Waals surface area contributed by atoms with Gasteiger partial charge in [-0.1, -0.05) is 30.3 Å². The average molecular weight is 448 g/mol. The largest absolute Gasteiger partial charge is 0.355 e. The zero-order chi connectivity index (χ0) is 22.5. The second-order valence-electron chi connectivity index (χ2n) is 9.20. The lowest BCUT2D eigenvalue weighted by Crippen LogP contribution is -2.44. The van der Waals surface area contributed by atoms with E-state index in [1.807, 2.05) is 12.1 Å². The van der Waals surface area contributed by atoms with Crippen molar-refractivity contribution < 1.29 is 4.79 Å². The fourth-order valence-electron chi connectivity index (χ4n) is 5.07. The van der Waals surface area contributed by atoms with Gasteiger partial charge >= 0.3 is 0 Å². The van der Waals surface area contributed by atoms with Crippen LogP contribution in [0.4, 0.5) is 5.82 Å². The summed E-state index contributed by atoms with van der Waals surface area (Å²) in [7, 11) is 0. The van der Waals surface area contributed by atoms with Crippen LogP contribution in [-0.4, -0.2) is 81.3 Å². The molecule has 0 saturated carbocycles. The van der Waals surface area contributed by atoms with Gasteiger partial charge in [-0.15, -0.1) is 15.3 Å².